The fourth-order valence-electron chi connectivity index (χ4n) is 2.35. The molecule has 0 atom stereocenters. The third-order valence-electron chi connectivity index (χ3n) is 3.75. The van der Waals surface area contributed by atoms with Gasteiger partial charge in [0, 0.05) is 42.3 Å². The van der Waals surface area contributed by atoms with Gasteiger partial charge in [-0.1, -0.05) is 22.0 Å². The average molecular weight is 325 g/mol. The maximum atomic E-state index is 12.4. The summed E-state index contributed by atoms with van der Waals surface area (Å²) in [6, 6.07) is 6.39. The number of carbonyl (C=O) groups is 1. The lowest BCUT2D eigenvalue weighted by atomic mass is 10.1. The summed E-state index contributed by atoms with van der Waals surface area (Å²) in [5.74, 6) is 0.143. The first-order valence-corrected chi connectivity index (χ1v) is 7.58. The molecule has 1 amide bonds. The van der Waals surface area contributed by atoms with Crippen LogP contribution in [0.5, 0.6) is 0 Å². The van der Waals surface area contributed by atoms with Crippen molar-refractivity contribution in [3.05, 3.63) is 33.8 Å². The molecule has 0 N–H and O–H groups in total. The Morgan fingerprint density at radius 2 is 1.84 bits per heavy atom. The SMILES string of the molecule is Cc1ccc(C(=O)N2CCN(C(C)C)CC2)cc1Br. The van der Waals surface area contributed by atoms with E-state index in [0.29, 0.717) is 6.04 Å². The van der Waals surface area contributed by atoms with Crippen molar-refractivity contribution in [3.63, 3.8) is 0 Å². The number of hydrogen-bond acceptors (Lipinski definition) is 2. The molecule has 2 rings (SSSR count). The summed E-state index contributed by atoms with van der Waals surface area (Å²) < 4.78 is 0.999. The molecular formula is C15H21BrN2O. The van der Waals surface area contributed by atoms with E-state index in [0.717, 1.165) is 41.8 Å². The molecule has 1 aromatic carbocycles. The molecule has 1 aromatic rings. The third kappa shape index (κ3) is 3.37. The summed E-state index contributed by atoms with van der Waals surface area (Å²) in [4.78, 5) is 16.8. The highest BCUT2D eigenvalue weighted by atomic mass is 79.9. The third-order valence-corrected chi connectivity index (χ3v) is 4.60. The molecule has 0 bridgehead atoms. The highest BCUT2D eigenvalue weighted by molar-refractivity contribution is 9.10. The molecule has 0 aromatic heterocycles. The summed E-state index contributed by atoms with van der Waals surface area (Å²) in [5.41, 5.74) is 1.93. The van der Waals surface area contributed by atoms with Gasteiger partial charge in [0.05, 0.1) is 0 Å². The second-order valence-corrected chi connectivity index (χ2v) is 6.24. The summed E-state index contributed by atoms with van der Waals surface area (Å²) in [7, 11) is 0. The predicted octanol–water partition coefficient (Wildman–Crippen LogP) is 2.92. The smallest absolute Gasteiger partial charge is 0.253 e. The van der Waals surface area contributed by atoms with E-state index in [-0.39, 0.29) is 5.91 Å². The first-order chi connectivity index (χ1) is 8.99. The van der Waals surface area contributed by atoms with Crippen LogP contribution in [0.2, 0.25) is 0 Å². The van der Waals surface area contributed by atoms with E-state index < -0.39 is 0 Å². The van der Waals surface area contributed by atoms with Gasteiger partial charge in [-0.25, -0.2) is 0 Å². The van der Waals surface area contributed by atoms with Crippen LogP contribution in [0.3, 0.4) is 0 Å². The van der Waals surface area contributed by atoms with E-state index in [2.05, 4.69) is 34.7 Å². The Bertz CT molecular complexity index is 465. The molecule has 0 aliphatic carbocycles. The fraction of sp³-hybridized carbons (Fsp3) is 0.533. The first kappa shape index (κ1) is 14.5. The molecule has 1 fully saturated rings. The van der Waals surface area contributed by atoms with Crippen molar-refractivity contribution in [3.8, 4) is 0 Å². The van der Waals surface area contributed by atoms with Gasteiger partial charge in [-0.15, -0.1) is 0 Å². The van der Waals surface area contributed by atoms with Gasteiger partial charge in [-0.3, -0.25) is 9.69 Å². The van der Waals surface area contributed by atoms with Crippen LogP contribution in [0.25, 0.3) is 0 Å². The van der Waals surface area contributed by atoms with Gasteiger partial charge in [0.15, 0.2) is 0 Å². The minimum atomic E-state index is 0.143. The van der Waals surface area contributed by atoms with E-state index in [4.69, 9.17) is 0 Å². The lowest BCUT2D eigenvalue weighted by Crippen LogP contribution is -2.50. The first-order valence-electron chi connectivity index (χ1n) is 6.78. The van der Waals surface area contributed by atoms with Crippen LogP contribution in [0.15, 0.2) is 22.7 Å². The molecule has 1 aliphatic rings. The van der Waals surface area contributed by atoms with Crippen molar-refractivity contribution in [2.75, 3.05) is 26.2 Å². The number of aryl methyl sites for hydroxylation is 1. The second kappa shape index (κ2) is 6.06. The molecule has 0 spiro atoms. The summed E-state index contributed by atoms with van der Waals surface area (Å²) in [6.45, 7) is 10.0. The number of benzene rings is 1. The Labute approximate surface area is 123 Å². The second-order valence-electron chi connectivity index (χ2n) is 5.39. The van der Waals surface area contributed by atoms with Crippen molar-refractivity contribution in [1.82, 2.24) is 9.80 Å². The summed E-state index contributed by atoms with van der Waals surface area (Å²) in [6.07, 6.45) is 0. The minimum Gasteiger partial charge on any atom is -0.336 e. The average Bonchev–Trinajstić information content (AvgIpc) is 2.41. The van der Waals surface area contributed by atoms with Crippen molar-refractivity contribution in [2.45, 2.75) is 26.8 Å². The number of hydrogen-bond donors (Lipinski definition) is 0. The lowest BCUT2D eigenvalue weighted by Gasteiger charge is -2.37. The van der Waals surface area contributed by atoms with Crippen LogP contribution in [0.1, 0.15) is 29.8 Å². The molecule has 1 heterocycles. The number of piperazine rings is 1. The quantitative estimate of drug-likeness (QED) is 0.835. The maximum Gasteiger partial charge on any atom is 0.253 e. The van der Waals surface area contributed by atoms with E-state index in [9.17, 15) is 4.79 Å². The highest BCUT2D eigenvalue weighted by Gasteiger charge is 2.23. The number of nitrogens with zero attached hydrogens (tertiary/aromatic N) is 2. The summed E-state index contributed by atoms with van der Waals surface area (Å²) in [5, 5.41) is 0. The van der Waals surface area contributed by atoms with E-state index in [1.165, 1.54) is 0 Å². The molecule has 19 heavy (non-hydrogen) atoms. The van der Waals surface area contributed by atoms with Crippen LogP contribution < -0.4 is 0 Å². The normalized spacial score (nSPS) is 17.0. The zero-order valence-corrected chi connectivity index (χ0v) is 13.4. The Hall–Kier alpha value is -0.870. The van der Waals surface area contributed by atoms with Gasteiger partial charge < -0.3 is 4.90 Å². The minimum absolute atomic E-state index is 0.143. The Balaban J connectivity index is 2.03. The Morgan fingerprint density at radius 3 is 2.37 bits per heavy atom. The van der Waals surface area contributed by atoms with Gasteiger partial charge in [0.25, 0.3) is 5.91 Å². The fourth-order valence-corrected chi connectivity index (χ4v) is 2.73. The highest BCUT2D eigenvalue weighted by Crippen LogP contribution is 2.19. The van der Waals surface area contributed by atoms with Crippen LogP contribution in [0.4, 0.5) is 0 Å². The molecule has 104 valence electrons. The Morgan fingerprint density at radius 1 is 1.21 bits per heavy atom. The summed E-state index contributed by atoms with van der Waals surface area (Å²) >= 11 is 3.49. The van der Waals surface area contributed by atoms with E-state index in [1.54, 1.807) is 0 Å². The molecular weight excluding hydrogens is 304 g/mol. The van der Waals surface area contributed by atoms with Crippen molar-refractivity contribution < 1.29 is 4.79 Å². The predicted molar refractivity (Wildman–Crippen MR) is 81.5 cm³/mol. The zero-order valence-electron chi connectivity index (χ0n) is 11.8. The van der Waals surface area contributed by atoms with Gasteiger partial charge in [0.1, 0.15) is 0 Å². The monoisotopic (exact) mass is 324 g/mol. The van der Waals surface area contributed by atoms with Crippen molar-refractivity contribution in [1.29, 1.82) is 0 Å². The zero-order chi connectivity index (χ0) is 14.0. The van der Waals surface area contributed by atoms with Gasteiger partial charge >= 0.3 is 0 Å². The number of rotatable bonds is 2. The molecule has 0 unspecified atom stereocenters. The maximum absolute atomic E-state index is 12.4. The molecule has 4 heteroatoms. The topological polar surface area (TPSA) is 23.6 Å². The standard InChI is InChI=1S/C15H21BrN2O/c1-11(2)17-6-8-18(9-7-17)15(19)13-5-4-12(3)14(16)10-13/h4-5,10-11H,6-9H2,1-3H3. The number of carbonyl (C=O) groups excluding carboxylic acids is 1. The molecule has 1 saturated heterocycles. The molecule has 1 aliphatic heterocycles. The molecule has 3 nitrogen and oxygen atoms in total. The van der Waals surface area contributed by atoms with Gasteiger partial charge in [-0.2, -0.15) is 0 Å². The molecule has 0 saturated carbocycles. The van der Waals surface area contributed by atoms with Gasteiger partial charge in [-0.05, 0) is 38.5 Å². The van der Waals surface area contributed by atoms with E-state index >= 15 is 0 Å². The largest absolute Gasteiger partial charge is 0.336 e. The van der Waals surface area contributed by atoms with Crippen LogP contribution in [0, 0.1) is 6.92 Å². The van der Waals surface area contributed by atoms with Crippen LogP contribution >= 0.6 is 15.9 Å². The van der Waals surface area contributed by atoms with Crippen molar-refractivity contribution >= 4 is 21.8 Å². The lowest BCUT2D eigenvalue weighted by molar-refractivity contribution is 0.0595. The van der Waals surface area contributed by atoms with Crippen LogP contribution in [-0.4, -0.2) is 47.9 Å². The molecule has 0 radical (unpaired) electrons. The number of halogens is 1. The Kier molecular flexibility index (Phi) is 4.63. The number of amides is 1. The van der Waals surface area contributed by atoms with Crippen LogP contribution in [-0.2, 0) is 0 Å². The van der Waals surface area contributed by atoms with Gasteiger partial charge in [0.2, 0.25) is 0 Å². The van der Waals surface area contributed by atoms with E-state index in [1.807, 2.05) is 30.0 Å². The van der Waals surface area contributed by atoms with Crippen molar-refractivity contribution in [2.24, 2.45) is 0 Å².